The zero-order valence-corrected chi connectivity index (χ0v) is 11.3. The van der Waals surface area contributed by atoms with Crippen LogP contribution in [0.4, 0.5) is 13.2 Å². The Kier molecular flexibility index (Phi) is 4.97. The van der Waals surface area contributed by atoms with Gasteiger partial charge in [0.05, 0.1) is 0 Å². The van der Waals surface area contributed by atoms with Crippen LogP contribution in [0.5, 0.6) is 0 Å². The lowest BCUT2D eigenvalue weighted by atomic mass is 9.98. The third-order valence-corrected chi connectivity index (χ3v) is 2.90. The predicted molar refractivity (Wildman–Crippen MR) is 67.7 cm³/mol. The minimum Gasteiger partial charge on any atom is -0.330 e. The Balaban J connectivity index is 0.000000861. The number of benzene rings is 1. The Morgan fingerprint density at radius 2 is 1.84 bits per heavy atom. The zero-order chi connectivity index (χ0) is 14.6. The van der Waals surface area contributed by atoms with E-state index < -0.39 is 12.1 Å². The second kappa shape index (κ2) is 6.08. The first kappa shape index (κ1) is 15.5. The SMILES string of the molecule is CC.Cc1ccc2c(c1)CN(C(=O)C(F)(F)F)CC2. The van der Waals surface area contributed by atoms with Crippen LogP contribution in [0.3, 0.4) is 0 Å². The minimum absolute atomic E-state index is 0.0509. The van der Waals surface area contributed by atoms with Gasteiger partial charge in [-0.15, -0.1) is 0 Å². The van der Waals surface area contributed by atoms with Gasteiger partial charge in [-0.25, -0.2) is 0 Å². The third kappa shape index (κ3) is 3.72. The van der Waals surface area contributed by atoms with Gasteiger partial charge in [0.25, 0.3) is 0 Å². The average molecular weight is 273 g/mol. The molecule has 0 atom stereocenters. The van der Waals surface area contributed by atoms with Crippen molar-refractivity contribution >= 4 is 5.91 Å². The number of aryl methyl sites for hydroxylation is 1. The Hall–Kier alpha value is -1.52. The highest BCUT2D eigenvalue weighted by Gasteiger charge is 2.43. The molecular weight excluding hydrogens is 255 g/mol. The monoisotopic (exact) mass is 273 g/mol. The molecule has 1 amide bonds. The number of fused-ring (bicyclic) bond motifs is 1. The summed E-state index contributed by atoms with van der Waals surface area (Å²) in [5.74, 6) is -1.75. The van der Waals surface area contributed by atoms with Crippen molar-refractivity contribution in [1.82, 2.24) is 4.90 Å². The van der Waals surface area contributed by atoms with Crippen LogP contribution in [0, 0.1) is 6.92 Å². The predicted octanol–water partition coefficient (Wildman–Crippen LogP) is 3.47. The van der Waals surface area contributed by atoms with Gasteiger partial charge in [0.15, 0.2) is 0 Å². The zero-order valence-electron chi connectivity index (χ0n) is 11.3. The van der Waals surface area contributed by atoms with E-state index in [4.69, 9.17) is 0 Å². The van der Waals surface area contributed by atoms with E-state index in [1.807, 2.05) is 39.0 Å². The molecule has 0 saturated heterocycles. The van der Waals surface area contributed by atoms with Gasteiger partial charge in [0.2, 0.25) is 0 Å². The van der Waals surface area contributed by atoms with E-state index in [-0.39, 0.29) is 13.1 Å². The molecule has 0 spiro atoms. The highest BCUT2D eigenvalue weighted by Crippen LogP contribution is 2.25. The largest absolute Gasteiger partial charge is 0.471 e. The van der Waals surface area contributed by atoms with E-state index in [9.17, 15) is 18.0 Å². The van der Waals surface area contributed by atoms with E-state index in [0.29, 0.717) is 6.42 Å². The molecule has 2 rings (SSSR count). The first-order valence-electron chi connectivity index (χ1n) is 6.32. The van der Waals surface area contributed by atoms with E-state index in [2.05, 4.69) is 0 Å². The number of nitrogens with zero attached hydrogens (tertiary/aromatic N) is 1. The molecule has 5 heteroatoms. The number of rotatable bonds is 0. The Morgan fingerprint density at radius 1 is 1.21 bits per heavy atom. The Bertz CT molecular complexity index is 454. The molecule has 0 aromatic heterocycles. The third-order valence-electron chi connectivity index (χ3n) is 2.90. The quantitative estimate of drug-likeness (QED) is 0.708. The second-order valence-electron chi connectivity index (χ2n) is 4.25. The number of hydrogen-bond acceptors (Lipinski definition) is 1. The van der Waals surface area contributed by atoms with E-state index in [0.717, 1.165) is 21.6 Å². The van der Waals surface area contributed by atoms with Gasteiger partial charge in [-0.05, 0) is 24.5 Å². The van der Waals surface area contributed by atoms with Crippen molar-refractivity contribution in [3.8, 4) is 0 Å². The number of amides is 1. The van der Waals surface area contributed by atoms with Crippen LogP contribution < -0.4 is 0 Å². The summed E-state index contributed by atoms with van der Waals surface area (Å²) in [5, 5.41) is 0. The highest BCUT2D eigenvalue weighted by molar-refractivity contribution is 5.82. The van der Waals surface area contributed by atoms with Crippen molar-refractivity contribution in [2.45, 2.75) is 39.9 Å². The number of halogens is 3. The van der Waals surface area contributed by atoms with Crippen molar-refractivity contribution in [2.75, 3.05) is 6.54 Å². The summed E-state index contributed by atoms with van der Waals surface area (Å²) in [6, 6.07) is 5.69. The maximum atomic E-state index is 12.3. The van der Waals surface area contributed by atoms with Gasteiger partial charge >= 0.3 is 12.1 Å². The average Bonchev–Trinajstić information content (AvgIpc) is 2.38. The fourth-order valence-electron chi connectivity index (χ4n) is 2.04. The van der Waals surface area contributed by atoms with Gasteiger partial charge in [-0.1, -0.05) is 37.6 Å². The smallest absolute Gasteiger partial charge is 0.330 e. The molecule has 1 aliphatic heterocycles. The maximum absolute atomic E-state index is 12.3. The minimum atomic E-state index is -4.78. The molecule has 1 aromatic carbocycles. The van der Waals surface area contributed by atoms with Gasteiger partial charge in [-0.3, -0.25) is 4.79 Å². The molecular formula is C14H18F3NO. The topological polar surface area (TPSA) is 20.3 Å². The molecule has 106 valence electrons. The van der Waals surface area contributed by atoms with Crippen LogP contribution in [0.25, 0.3) is 0 Å². The van der Waals surface area contributed by atoms with Crippen LogP contribution in [-0.4, -0.2) is 23.5 Å². The fourth-order valence-corrected chi connectivity index (χ4v) is 2.04. The van der Waals surface area contributed by atoms with Crippen LogP contribution in [0.1, 0.15) is 30.5 Å². The molecule has 0 saturated carbocycles. The normalized spacial score (nSPS) is 14.3. The summed E-state index contributed by atoms with van der Waals surface area (Å²) < 4.78 is 36.9. The molecule has 0 fully saturated rings. The number of carbonyl (C=O) groups is 1. The summed E-state index contributed by atoms with van der Waals surface area (Å²) in [7, 11) is 0. The van der Waals surface area contributed by atoms with Gasteiger partial charge in [-0.2, -0.15) is 13.2 Å². The lowest BCUT2D eigenvalue weighted by Gasteiger charge is -2.29. The molecule has 19 heavy (non-hydrogen) atoms. The highest BCUT2D eigenvalue weighted by atomic mass is 19.4. The lowest BCUT2D eigenvalue weighted by molar-refractivity contribution is -0.186. The van der Waals surface area contributed by atoms with Gasteiger partial charge in [0, 0.05) is 13.1 Å². The Morgan fingerprint density at radius 3 is 2.42 bits per heavy atom. The number of alkyl halides is 3. The lowest BCUT2D eigenvalue weighted by Crippen LogP contribution is -2.43. The summed E-state index contributed by atoms with van der Waals surface area (Å²) in [5.41, 5.74) is 2.83. The van der Waals surface area contributed by atoms with Crippen molar-refractivity contribution in [2.24, 2.45) is 0 Å². The van der Waals surface area contributed by atoms with Gasteiger partial charge < -0.3 is 4.90 Å². The van der Waals surface area contributed by atoms with E-state index >= 15 is 0 Å². The van der Waals surface area contributed by atoms with Crippen molar-refractivity contribution in [3.05, 3.63) is 34.9 Å². The fraction of sp³-hybridized carbons (Fsp3) is 0.500. The van der Waals surface area contributed by atoms with Crippen molar-refractivity contribution in [1.29, 1.82) is 0 Å². The maximum Gasteiger partial charge on any atom is 0.471 e. The molecule has 0 N–H and O–H groups in total. The second-order valence-corrected chi connectivity index (χ2v) is 4.25. The molecule has 1 heterocycles. The first-order chi connectivity index (χ1) is 8.88. The van der Waals surface area contributed by atoms with Gasteiger partial charge in [0.1, 0.15) is 0 Å². The van der Waals surface area contributed by atoms with Crippen LogP contribution in [-0.2, 0) is 17.8 Å². The summed E-state index contributed by atoms with van der Waals surface area (Å²) in [6.07, 6.45) is -4.29. The van der Waals surface area contributed by atoms with Crippen LogP contribution >= 0.6 is 0 Å². The van der Waals surface area contributed by atoms with E-state index in [1.165, 1.54) is 0 Å². The molecule has 0 aliphatic carbocycles. The first-order valence-corrected chi connectivity index (χ1v) is 6.32. The van der Waals surface area contributed by atoms with Crippen LogP contribution in [0.15, 0.2) is 18.2 Å². The van der Waals surface area contributed by atoms with Crippen molar-refractivity contribution < 1.29 is 18.0 Å². The summed E-state index contributed by atoms with van der Waals surface area (Å²) in [4.78, 5) is 12.0. The number of hydrogen-bond donors (Lipinski definition) is 0. The van der Waals surface area contributed by atoms with Crippen molar-refractivity contribution in [3.63, 3.8) is 0 Å². The van der Waals surface area contributed by atoms with Crippen LogP contribution in [0.2, 0.25) is 0 Å². The molecule has 1 aliphatic rings. The molecule has 2 nitrogen and oxygen atoms in total. The molecule has 0 unspecified atom stereocenters. The summed E-state index contributed by atoms with van der Waals surface area (Å²) in [6.45, 7) is 6.06. The number of carbonyl (C=O) groups excluding carboxylic acids is 1. The van der Waals surface area contributed by atoms with E-state index in [1.54, 1.807) is 0 Å². The standard InChI is InChI=1S/C12H12F3NO.C2H6/c1-8-2-3-9-4-5-16(7-10(9)6-8)11(17)12(13,14)15;1-2/h2-3,6H,4-5,7H2,1H3;1-2H3. The molecule has 0 radical (unpaired) electrons. The summed E-state index contributed by atoms with van der Waals surface area (Å²) >= 11 is 0. The Labute approximate surface area is 111 Å². The molecule has 1 aromatic rings. The molecule has 0 bridgehead atoms.